The molecule has 2 aromatic rings. The van der Waals surface area contributed by atoms with Gasteiger partial charge in [-0.2, -0.15) is 0 Å². The third-order valence-corrected chi connectivity index (χ3v) is 11.5. The Morgan fingerprint density at radius 1 is 1.12 bits per heavy atom. The van der Waals surface area contributed by atoms with Crippen LogP contribution in [-0.4, -0.2) is 75.4 Å². The molecule has 2 bridgehead atoms. The van der Waals surface area contributed by atoms with Crippen LogP contribution in [0, 0.1) is 31.6 Å². The molecule has 222 valence electrons. The lowest BCUT2D eigenvalue weighted by Gasteiger charge is -2.42. The van der Waals surface area contributed by atoms with Crippen molar-refractivity contribution in [2.24, 2.45) is 17.8 Å². The van der Waals surface area contributed by atoms with Crippen LogP contribution in [0.2, 0.25) is 0 Å². The molecular formula is C34H41N3O4S. The van der Waals surface area contributed by atoms with E-state index in [1.165, 1.54) is 0 Å². The van der Waals surface area contributed by atoms with Crippen molar-refractivity contribution in [3.63, 3.8) is 0 Å². The SMILES string of the molecule is C=CCN(C)C(=O)[C@@H]1[C@@H]2CC(C)C3(S2)C(C(=O)N(CC=C)c2cc(C)ccc2C)N([C@H](CO)c2ccccc2)C(=O)[C@H]13. The lowest BCUT2D eigenvalue weighted by Crippen LogP contribution is -2.58. The first-order valence-corrected chi connectivity index (χ1v) is 15.5. The van der Waals surface area contributed by atoms with Crippen LogP contribution < -0.4 is 4.90 Å². The van der Waals surface area contributed by atoms with E-state index < -0.39 is 28.7 Å². The molecule has 3 heterocycles. The second-order valence-electron chi connectivity index (χ2n) is 11.9. The lowest BCUT2D eigenvalue weighted by atomic mass is 9.65. The number of aryl methyl sites for hydroxylation is 2. The van der Waals surface area contributed by atoms with Crippen LogP contribution >= 0.6 is 11.8 Å². The Bertz CT molecular complexity index is 1400. The highest BCUT2D eigenvalue weighted by Gasteiger charge is 2.77. The smallest absolute Gasteiger partial charge is 0.251 e. The third kappa shape index (κ3) is 4.60. The Labute approximate surface area is 253 Å². The fraction of sp³-hybridized carbons (Fsp3) is 0.441. The predicted octanol–water partition coefficient (Wildman–Crippen LogP) is 4.54. The molecule has 3 saturated heterocycles. The van der Waals surface area contributed by atoms with Crippen molar-refractivity contribution in [1.29, 1.82) is 0 Å². The molecule has 8 heteroatoms. The van der Waals surface area contributed by atoms with Gasteiger partial charge in [0.15, 0.2) is 0 Å². The average Bonchev–Trinajstić information content (AvgIpc) is 3.57. The monoisotopic (exact) mass is 587 g/mol. The summed E-state index contributed by atoms with van der Waals surface area (Å²) in [4.78, 5) is 48.7. The zero-order valence-electron chi connectivity index (χ0n) is 24.9. The Kier molecular flexibility index (Phi) is 8.41. The van der Waals surface area contributed by atoms with Crippen LogP contribution in [0.4, 0.5) is 5.69 Å². The molecule has 0 radical (unpaired) electrons. The molecule has 7 atom stereocenters. The zero-order valence-corrected chi connectivity index (χ0v) is 25.7. The van der Waals surface area contributed by atoms with E-state index in [1.807, 2.05) is 62.4 Å². The van der Waals surface area contributed by atoms with Crippen molar-refractivity contribution in [3.05, 3.63) is 90.5 Å². The van der Waals surface area contributed by atoms with Crippen LogP contribution in [0.3, 0.4) is 0 Å². The second-order valence-corrected chi connectivity index (χ2v) is 13.5. The molecule has 3 amide bonds. The van der Waals surface area contributed by atoms with Crippen molar-refractivity contribution >= 4 is 35.2 Å². The molecule has 42 heavy (non-hydrogen) atoms. The predicted molar refractivity (Wildman–Crippen MR) is 168 cm³/mol. The summed E-state index contributed by atoms with van der Waals surface area (Å²) in [5.74, 6) is -1.75. The van der Waals surface area contributed by atoms with E-state index in [2.05, 4.69) is 20.1 Å². The highest BCUT2D eigenvalue weighted by atomic mass is 32.2. The number of hydrogen-bond donors (Lipinski definition) is 1. The van der Waals surface area contributed by atoms with E-state index in [1.54, 1.807) is 45.7 Å². The molecular weight excluding hydrogens is 546 g/mol. The normalized spacial score (nSPS) is 28.4. The number of hydrogen-bond acceptors (Lipinski definition) is 5. The van der Waals surface area contributed by atoms with E-state index >= 15 is 4.79 Å². The summed E-state index contributed by atoms with van der Waals surface area (Å²) in [6.45, 7) is 14.1. The van der Waals surface area contributed by atoms with E-state index in [0.29, 0.717) is 6.54 Å². The maximum atomic E-state index is 15.1. The highest BCUT2D eigenvalue weighted by Crippen LogP contribution is 2.69. The van der Waals surface area contributed by atoms with Gasteiger partial charge in [0.05, 0.1) is 29.2 Å². The number of carbonyl (C=O) groups is 3. The van der Waals surface area contributed by atoms with Gasteiger partial charge in [0.25, 0.3) is 5.91 Å². The summed E-state index contributed by atoms with van der Waals surface area (Å²) >= 11 is 1.64. The van der Waals surface area contributed by atoms with Crippen molar-refractivity contribution in [1.82, 2.24) is 9.80 Å². The summed E-state index contributed by atoms with van der Waals surface area (Å²) in [6, 6.07) is 13.8. The lowest BCUT2D eigenvalue weighted by molar-refractivity contribution is -0.145. The van der Waals surface area contributed by atoms with Crippen LogP contribution in [0.15, 0.2) is 73.8 Å². The molecule has 0 aliphatic carbocycles. The maximum absolute atomic E-state index is 15.1. The van der Waals surface area contributed by atoms with Gasteiger partial charge in [0.1, 0.15) is 6.04 Å². The average molecular weight is 588 g/mol. The van der Waals surface area contributed by atoms with Gasteiger partial charge in [-0.15, -0.1) is 24.9 Å². The van der Waals surface area contributed by atoms with Gasteiger partial charge in [0, 0.05) is 31.1 Å². The second kappa shape index (κ2) is 11.7. The van der Waals surface area contributed by atoms with E-state index in [0.717, 1.165) is 28.8 Å². The van der Waals surface area contributed by atoms with Crippen molar-refractivity contribution < 1.29 is 19.5 Å². The number of aliphatic hydroxyl groups excluding tert-OH is 1. The highest BCUT2D eigenvalue weighted by molar-refractivity contribution is 8.02. The molecule has 3 aliphatic heterocycles. The topological polar surface area (TPSA) is 81.2 Å². The first kappa shape index (κ1) is 30.1. The number of benzene rings is 2. The molecule has 5 rings (SSSR count). The molecule has 3 aliphatic rings. The number of likely N-dealkylation sites (N-methyl/N-ethyl adjacent to an activating group) is 1. The number of aliphatic hydroxyl groups is 1. The van der Waals surface area contributed by atoms with Crippen LogP contribution in [0.1, 0.15) is 36.1 Å². The Morgan fingerprint density at radius 3 is 2.45 bits per heavy atom. The van der Waals surface area contributed by atoms with Crippen molar-refractivity contribution in [2.75, 3.05) is 31.6 Å². The van der Waals surface area contributed by atoms with Gasteiger partial charge in [-0.1, -0.05) is 61.5 Å². The minimum atomic E-state index is -0.875. The number of nitrogens with zero attached hydrogens (tertiary/aromatic N) is 3. The number of amides is 3. The molecule has 1 spiro atoms. The van der Waals surface area contributed by atoms with E-state index in [4.69, 9.17) is 0 Å². The third-order valence-electron chi connectivity index (χ3n) is 9.41. The minimum Gasteiger partial charge on any atom is -0.394 e. The summed E-state index contributed by atoms with van der Waals surface area (Å²) in [7, 11) is 1.74. The number of likely N-dealkylation sites (tertiary alicyclic amines) is 1. The van der Waals surface area contributed by atoms with Gasteiger partial charge >= 0.3 is 0 Å². The first-order chi connectivity index (χ1) is 20.1. The van der Waals surface area contributed by atoms with Gasteiger partial charge in [0.2, 0.25) is 11.8 Å². The first-order valence-electron chi connectivity index (χ1n) is 14.6. The number of carbonyl (C=O) groups excluding carboxylic acids is 3. The van der Waals surface area contributed by atoms with Crippen LogP contribution in [0.5, 0.6) is 0 Å². The standard InChI is InChI=1S/C34H41N3O4S/c1-7-16-35(6)31(39)28-27-19-23(5)34(42-27)29(28)32(40)37(26(20-38)24-12-10-9-11-13-24)30(34)33(41)36(17-8-2)25-18-21(3)14-15-22(25)4/h7-15,18,23,26-30,38H,1-2,16-17,19-20H2,3-6H3/t23?,26-,27+,28-,29+,30?,34?/m1/s1. The fourth-order valence-electron chi connectivity index (χ4n) is 7.52. The zero-order chi connectivity index (χ0) is 30.3. The molecule has 1 N–H and O–H groups in total. The van der Waals surface area contributed by atoms with Gasteiger partial charge in [-0.3, -0.25) is 14.4 Å². The maximum Gasteiger partial charge on any atom is 0.251 e. The van der Waals surface area contributed by atoms with Crippen molar-refractivity contribution in [3.8, 4) is 0 Å². The number of rotatable bonds is 10. The van der Waals surface area contributed by atoms with Crippen molar-refractivity contribution in [2.45, 2.75) is 49.3 Å². The van der Waals surface area contributed by atoms with Gasteiger partial charge < -0.3 is 19.8 Å². The summed E-state index contributed by atoms with van der Waals surface area (Å²) < 4.78 is -0.812. The van der Waals surface area contributed by atoms with Gasteiger partial charge in [-0.05, 0) is 48.9 Å². The largest absolute Gasteiger partial charge is 0.394 e. The molecule has 0 saturated carbocycles. The molecule has 3 unspecified atom stereocenters. The number of anilines is 1. The number of thioether (sulfide) groups is 1. The molecule has 0 aromatic heterocycles. The quantitative estimate of drug-likeness (QED) is 0.413. The van der Waals surface area contributed by atoms with Gasteiger partial charge in [-0.25, -0.2) is 0 Å². The summed E-state index contributed by atoms with van der Waals surface area (Å²) in [6.07, 6.45) is 4.13. The minimum absolute atomic E-state index is 0.00784. The molecule has 3 fully saturated rings. The Hall–Kier alpha value is -3.36. The van der Waals surface area contributed by atoms with E-state index in [9.17, 15) is 14.7 Å². The van der Waals surface area contributed by atoms with Crippen LogP contribution in [-0.2, 0) is 14.4 Å². The summed E-state index contributed by atoms with van der Waals surface area (Å²) in [5, 5.41) is 10.7. The number of fused-ring (bicyclic) bond motifs is 1. The van der Waals surface area contributed by atoms with E-state index in [-0.39, 0.29) is 42.0 Å². The molecule has 2 aromatic carbocycles. The van der Waals surface area contributed by atoms with Crippen LogP contribution in [0.25, 0.3) is 0 Å². The molecule has 7 nitrogen and oxygen atoms in total. The Morgan fingerprint density at radius 2 is 1.81 bits per heavy atom. The fourth-order valence-corrected chi connectivity index (χ4v) is 9.91. The Balaban J connectivity index is 1.69. The summed E-state index contributed by atoms with van der Waals surface area (Å²) in [5.41, 5.74) is 3.49.